The number of likely N-dealkylation sites (N-methyl/N-ethyl adjacent to an activating group) is 1. The van der Waals surface area contributed by atoms with Gasteiger partial charge in [0.2, 0.25) is 0 Å². The van der Waals surface area contributed by atoms with Crippen molar-refractivity contribution in [1.29, 1.82) is 0 Å². The molecule has 7 heteroatoms. The van der Waals surface area contributed by atoms with E-state index in [2.05, 4.69) is 15.1 Å². The number of carbonyl (C=O) groups is 1. The van der Waals surface area contributed by atoms with Gasteiger partial charge in [-0.15, -0.1) is 0 Å². The Labute approximate surface area is 156 Å². The van der Waals surface area contributed by atoms with Crippen molar-refractivity contribution in [3.8, 4) is 0 Å². The normalized spacial score (nSPS) is 18.5. The molecule has 1 heterocycles. The molecule has 4 nitrogen and oxygen atoms in total. The van der Waals surface area contributed by atoms with Gasteiger partial charge in [0, 0.05) is 45.3 Å². The average Bonchev–Trinajstić information content (AvgIpc) is 2.63. The van der Waals surface area contributed by atoms with Crippen LogP contribution in [0.25, 0.3) is 0 Å². The number of hydrogen-bond acceptors (Lipinski definition) is 3. The van der Waals surface area contributed by atoms with Crippen LogP contribution in [0.1, 0.15) is 27.5 Å². The fourth-order valence-corrected chi connectivity index (χ4v) is 3.44. The number of carbonyl (C=O) groups excluding carboxylic acids is 1. The summed E-state index contributed by atoms with van der Waals surface area (Å²) >= 11 is 0. The van der Waals surface area contributed by atoms with Gasteiger partial charge in [-0.05, 0) is 42.4 Å². The maximum absolute atomic E-state index is 13.8. The van der Waals surface area contributed by atoms with Crippen molar-refractivity contribution in [1.82, 2.24) is 15.1 Å². The number of piperazine rings is 1. The molecular formula is C20H22F3N3O. The van der Waals surface area contributed by atoms with Crippen molar-refractivity contribution < 1.29 is 18.0 Å². The molecule has 2 aromatic rings. The Morgan fingerprint density at radius 3 is 2.48 bits per heavy atom. The number of nitrogens with zero attached hydrogens (tertiary/aromatic N) is 2. The molecule has 1 amide bonds. The monoisotopic (exact) mass is 377 g/mol. The van der Waals surface area contributed by atoms with E-state index in [1.807, 2.05) is 7.05 Å². The van der Waals surface area contributed by atoms with E-state index >= 15 is 0 Å². The highest BCUT2D eigenvalue weighted by Gasteiger charge is 2.26. The summed E-state index contributed by atoms with van der Waals surface area (Å²) in [5.41, 5.74) is 1.40. The van der Waals surface area contributed by atoms with E-state index in [-0.39, 0.29) is 11.6 Å². The Kier molecular flexibility index (Phi) is 5.82. The quantitative estimate of drug-likeness (QED) is 0.890. The van der Waals surface area contributed by atoms with Gasteiger partial charge < -0.3 is 5.32 Å². The second kappa shape index (κ2) is 8.10. The van der Waals surface area contributed by atoms with Gasteiger partial charge in [0.05, 0.1) is 5.56 Å². The van der Waals surface area contributed by atoms with Crippen LogP contribution < -0.4 is 5.32 Å². The third-order valence-corrected chi connectivity index (χ3v) is 4.91. The number of rotatable bonds is 4. The summed E-state index contributed by atoms with van der Waals surface area (Å²) in [5.74, 6) is -2.22. The molecule has 1 unspecified atom stereocenters. The molecule has 0 radical (unpaired) electrons. The van der Waals surface area contributed by atoms with Crippen LogP contribution in [0.4, 0.5) is 13.2 Å². The molecule has 0 aromatic heterocycles. The van der Waals surface area contributed by atoms with Gasteiger partial charge in [-0.3, -0.25) is 14.6 Å². The SMILES string of the molecule is CNC(=O)c1cc(CN2CCN(C)C(c3cc(F)cc(F)c3)C2)ccc1F. The number of nitrogens with one attached hydrogen (secondary N) is 1. The van der Waals surface area contributed by atoms with Crippen LogP contribution in [0.3, 0.4) is 0 Å². The first kappa shape index (κ1) is 19.4. The van der Waals surface area contributed by atoms with E-state index in [4.69, 9.17) is 0 Å². The molecule has 0 bridgehead atoms. The van der Waals surface area contributed by atoms with Gasteiger partial charge in [-0.2, -0.15) is 0 Å². The third-order valence-electron chi connectivity index (χ3n) is 4.91. The van der Waals surface area contributed by atoms with E-state index in [1.54, 1.807) is 12.1 Å². The average molecular weight is 377 g/mol. The van der Waals surface area contributed by atoms with Gasteiger partial charge in [-0.25, -0.2) is 13.2 Å². The van der Waals surface area contributed by atoms with Crippen LogP contribution in [0.5, 0.6) is 0 Å². The van der Waals surface area contributed by atoms with E-state index < -0.39 is 23.4 Å². The molecule has 144 valence electrons. The molecule has 1 aliphatic rings. The fourth-order valence-electron chi connectivity index (χ4n) is 3.44. The lowest BCUT2D eigenvalue weighted by atomic mass is 10.0. The van der Waals surface area contributed by atoms with Gasteiger partial charge in [-0.1, -0.05) is 6.07 Å². The lowest BCUT2D eigenvalue weighted by Gasteiger charge is -2.39. The molecule has 1 fully saturated rings. The summed E-state index contributed by atoms with van der Waals surface area (Å²) in [6, 6.07) is 7.91. The molecule has 0 aliphatic carbocycles. The van der Waals surface area contributed by atoms with Gasteiger partial charge in [0.15, 0.2) is 0 Å². The maximum atomic E-state index is 13.8. The Hall–Kier alpha value is -2.38. The Morgan fingerprint density at radius 1 is 1.11 bits per heavy atom. The van der Waals surface area contributed by atoms with Crippen LogP contribution >= 0.6 is 0 Å². The molecule has 1 aliphatic heterocycles. The second-order valence-electron chi connectivity index (χ2n) is 6.83. The second-order valence-corrected chi connectivity index (χ2v) is 6.83. The first-order valence-corrected chi connectivity index (χ1v) is 8.76. The van der Waals surface area contributed by atoms with Crippen LogP contribution in [0, 0.1) is 17.5 Å². The minimum Gasteiger partial charge on any atom is -0.355 e. The summed E-state index contributed by atoms with van der Waals surface area (Å²) in [6.07, 6.45) is 0. The number of hydrogen-bond donors (Lipinski definition) is 1. The predicted octanol–water partition coefficient (Wildman–Crippen LogP) is 2.95. The summed E-state index contributed by atoms with van der Waals surface area (Å²) < 4.78 is 41.0. The molecule has 0 saturated carbocycles. The lowest BCUT2D eigenvalue weighted by molar-refractivity contribution is 0.0899. The Balaban J connectivity index is 1.77. The Morgan fingerprint density at radius 2 is 1.81 bits per heavy atom. The molecule has 27 heavy (non-hydrogen) atoms. The highest BCUT2D eigenvalue weighted by atomic mass is 19.1. The van der Waals surface area contributed by atoms with Crippen LogP contribution in [-0.2, 0) is 6.54 Å². The maximum Gasteiger partial charge on any atom is 0.254 e. The summed E-state index contributed by atoms with van der Waals surface area (Å²) in [6.45, 7) is 2.59. The predicted molar refractivity (Wildman–Crippen MR) is 96.8 cm³/mol. The largest absolute Gasteiger partial charge is 0.355 e. The van der Waals surface area contributed by atoms with Crippen LogP contribution in [0.15, 0.2) is 36.4 Å². The number of amides is 1. The van der Waals surface area contributed by atoms with Crippen molar-refractivity contribution in [3.05, 3.63) is 70.5 Å². The van der Waals surface area contributed by atoms with Crippen molar-refractivity contribution in [2.45, 2.75) is 12.6 Å². The zero-order chi connectivity index (χ0) is 19.6. The third kappa shape index (κ3) is 4.48. The minimum atomic E-state index is -0.593. The number of halogens is 3. The fraction of sp³-hybridized carbons (Fsp3) is 0.350. The highest BCUT2D eigenvalue weighted by Crippen LogP contribution is 2.26. The zero-order valence-corrected chi connectivity index (χ0v) is 15.3. The van der Waals surface area contributed by atoms with Crippen LogP contribution in [0.2, 0.25) is 0 Å². The topological polar surface area (TPSA) is 35.6 Å². The highest BCUT2D eigenvalue weighted by molar-refractivity contribution is 5.94. The summed E-state index contributed by atoms with van der Waals surface area (Å²) in [5, 5.41) is 2.43. The van der Waals surface area contributed by atoms with E-state index in [0.717, 1.165) is 24.7 Å². The molecule has 1 N–H and O–H groups in total. The van der Waals surface area contributed by atoms with Crippen LogP contribution in [-0.4, -0.2) is 49.4 Å². The van der Waals surface area contributed by atoms with Crippen molar-refractivity contribution >= 4 is 5.91 Å². The molecule has 0 spiro atoms. The smallest absolute Gasteiger partial charge is 0.254 e. The molecular weight excluding hydrogens is 355 g/mol. The molecule has 3 rings (SSSR count). The molecule has 1 saturated heterocycles. The van der Waals surface area contributed by atoms with Gasteiger partial charge in [0.25, 0.3) is 5.91 Å². The van der Waals surface area contributed by atoms with E-state index in [0.29, 0.717) is 18.7 Å². The first-order valence-electron chi connectivity index (χ1n) is 8.76. The standard InChI is InChI=1S/C20H22F3N3O/c1-24-20(27)17-7-13(3-4-18(17)23)11-26-6-5-25(2)19(12-26)14-8-15(21)10-16(22)9-14/h3-4,7-10,19H,5-6,11-12H2,1-2H3,(H,24,27). The zero-order valence-electron chi connectivity index (χ0n) is 15.3. The van der Waals surface area contributed by atoms with Crippen molar-refractivity contribution in [2.24, 2.45) is 0 Å². The van der Waals surface area contributed by atoms with E-state index in [1.165, 1.54) is 25.2 Å². The minimum absolute atomic E-state index is 0.00730. The Bertz CT molecular complexity index is 823. The van der Waals surface area contributed by atoms with Crippen molar-refractivity contribution in [3.63, 3.8) is 0 Å². The molecule has 1 atom stereocenters. The lowest BCUT2D eigenvalue weighted by Crippen LogP contribution is -2.46. The van der Waals surface area contributed by atoms with E-state index in [9.17, 15) is 18.0 Å². The van der Waals surface area contributed by atoms with Crippen molar-refractivity contribution in [2.75, 3.05) is 33.7 Å². The van der Waals surface area contributed by atoms with Gasteiger partial charge in [0.1, 0.15) is 17.5 Å². The summed E-state index contributed by atoms with van der Waals surface area (Å²) in [7, 11) is 3.38. The van der Waals surface area contributed by atoms with Gasteiger partial charge >= 0.3 is 0 Å². The first-order chi connectivity index (χ1) is 12.9. The molecule has 2 aromatic carbocycles. The number of benzene rings is 2. The summed E-state index contributed by atoms with van der Waals surface area (Å²) in [4.78, 5) is 16.0.